The van der Waals surface area contributed by atoms with Crippen LogP contribution in [0.15, 0.2) is 48.5 Å². The Morgan fingerprint density at radius 2 is 1.91 bits per heavy atom. The summed E-state index contributed by atoms with van der Waals surface area (Å²) in [5.74, 6) is 0. The van der Waals surface area contributed by atoms with E-state index in [1.165, 1.54) is 26.9 Å². The largest absolute Gasteiger partial charge is 0.358 e. The first kappa shape index (κ1) is 12.2. The van der Waals surface area contributed by atoms with E-state index in [0.717, 1.165) is 30.2 Å². The molecule has 4 aromatic rings. The topological polar surface area (TPSA) is 31.9 Å². The first-order valence-corrected chi connectivity index (χ1v) is 8.39. The normalized spacial score (nSPS) is 14.6. The van der Waals surface area contributed by atoms with E-state index in [2.05, 4.69) is 58.4 Å². The number of nitrogens with one attached hydrogen (secondary N) is 1. The molecule has 0 atom stereocenters. The van der Waals surface area contributed by atoms with Crippen LogP contribution in [0.2, 0.25) is 0 Å². The Morgan fingerprint density at radius 3 is 2.86 bits per heavy atom. The molecule has 5 rings (SSSR count). The van der Waals surface area contributed by atoms with E-state index < -0.39 is 0 Å². The number of anilines is 1. The third-order valence-corrected chi connectivity index (χ3v) is 5.53. The monoisotopic (exact) mass is 305 g/mol. The lowest BCUT2D eigenvalue weighted by molar-refractivity contribution is 0.724. The maximum Gasteiger partial charge on any atom is 0.186 e. The molecule has 3 nitrogen and oxygen atoms in total. The van der Waals surface area contributed by atoms with Gasteiger partial charge in [-0.15, -0.1) is 0 Å². The van der Waals surface area contributed by atoms with Gasteiger partial charge < -0.3 is 9.88 Å². The average Bonchev–Trinajstić information content (AvgIpc) is 3.15. The number of fused-ring (bicyclic) bond motifs is 4. The summed E-state index contributed by atoms with van der Waals surface area (Å²) in [5, 5.41) is 2.49. The summed E-state index contributed by atoms with van der Waals surface area (Å²) in [6.07, 6.45) is 1.06. The van der Waals surface area contributed by atoms with Crippen molar-refractivity contribution in [2.75, 3.05) is 11.4 Å². The molecule has 0 aliphatic carbocycles. The van der Waals surface area contributed by atoms with Gasteiger partial charge in [0.15, 0.2) is 5.13 Å². The van der Waals surface area contributed by atoms with E-state index in [9.17, 15) is 0 Å². The van der Waals surface area contributed by atoms with Gasteiger partial charge >= 0.3 is 0 Å². The van der Waals surface area contributed by atoms with E-state index in [-0.39, 0.29) is 0 Å². The van der Waals surface area contributed by atoms with Gasteiger partial charge in [-0.2, -0.15) is 0 Å². The summed E-state index contributed by atoms with van der Waals surface area (Å²) in [6.45, 7) is 1.97. The van der Waals surface area contributed by atoms with Gasteiger partial charge in [0.25, 0.3) is 0 Å². The first-order valence-electron chi connectivity index (χ1n) is 7.57. The van der Waals surface area contributed by atoms with Crippen LogP contribution in [0.5, 0.6) is 0 Å². The minimum absolute atomic E-state index is 0.944. The number of nitrogens with zero attached hydrogens (tertiary/aromatic N) is 2. The Hall–Kier alpha value is -2.33. The highest BCUT2D eigenvalue weighted by Gasteiger charge is 2.22. The van der Waals surface area contributed by atoms with Gasteiger partial charge in [-0.05, 0) is 18.2 Å². The number of benzene rings is 2. The molecule has 1 aliphatic heterocycles. The Balaban J connectivity index is 1.58. The molecule has 0 radical (unpaired) electrons. The quantitative estimate of drug-likeness (QED) is 0.567. The van der Waals surface area contributed by atoms with Crippen LogP contribution in [0.3, 0.4) is 0 Å². The number of thiazole rings is 1. The summed E-state index contributed by atoms with van der Waals surface area (Å²) >= 11 is 1.79. The number of para-hydroxylation sites is 2. The maximum atomic E-state index is 4.81. The Labute approximate surface area is 132 Å². The number of rotatable bonds is 1. The van der Waals surface area contributed by atoms with Crippen molar-refractivity contribution in [3.05, 3.63) is 59.8 Å². The minimum Gasteiger partial charge on any atom is -0.358 e. The second-order valence-electron chi connectivity index (χ2n) is 5.76. The molecule has 0 amide bonds. The molecule has 108 valence electrons. The van der Waals surface area contributed by atoms with Gasteiger partial charge in [-0.3, -0.25) is 0 Å². The van der Waals surface area contributed by atoms with Crippen LogP contribution in [-0.4, -0.2) is 16.5 Å². The molecule has 1 aliphatic rings. The van der Waals surface area contributed by atoms with Crippen molar-refractivity contribution in [2.45, 2.75) is 13.0 Å². The second kappa shape index (κ2) is 4.58. The third kappa shape index (κ3) is 1.77. The molecule has 0 spiro atoms. The maximum absolute atomic E-state index is 4.81. The van der Waals surface area contributed by atoms with Crippen molar-refractivity contribution >= 4 is 37.6 Å². The molecular formula is C18H15N3S. The van der Waals surface area contributed by atoms with Crippen molar-refractivity contribution in [3.63, 3.8) is 0 Å². The highest BCUT2D eigenvalue weighted by molar-refractivity contribution is 7.22. The molecule has 4 heteroatoms. The van der Waals surface area contributed by atoms with E-state index in [1.54, 1.807) is 11.3 Å². The Kier molecular flexibility index (Phi) is 2.55. The van der Waals surface area contributed by atoms with Gasteiger partial charge in [-0.25, -0.2) is 4.98 Å². The predicted molar refractivity (Wildman–Crippen MR) is 92.7 cm³/mol. The van der Waals surface area contributed by atoms with Gasteiger partial charge in [-0.1, -0.05) is 41.7 Å². The van der Waals surface area contributed by atoms with Gasteiger partial charge in [0.2, 0.25) is 0 Å². The highest BCUT2D eigenvalue weighted by Crippen LogP contribution is 2.34. The van der Waals surface area contributed by atoms with Crippen LogP contribution in [0.1, 0.15) is 11.3 Å². The van der Waals surface area contributed by atoms with Crippen LogP contribution in [-0.2, 0) is 13.0 Å². The average molecular weight is 305 g/mol. The van der Waals surface area contributed by atoms with E-state index in [4.69, 9.17) is 4.98 Å². The zero-order valence-electron chi connectivity index (χ0n) is 12.0. The van der Waals surface area contributed by atoms with Crippen molar-refractivity contribution in [2.24, 2.45) is 0 Å². The summed E-state index contributed by atoms with van der Waals surface area (Å²) in [4.78, 5) is 10.8. The Morgan fingerprint density at radius 1 is 1.05 bits per heavy atom. The fourth-order valence-electron chi connectivity index (χ4n) is 3.33. The molecule has 2 aromatic heterocycles. The lowest BCUT2D eigenvalue weighted by Gasteiger charge is -2.26. The molecular weight excluding hydrogens is 290 g/mol. The lowest BCUT2D eigenvalue weighted by Crippen LogP contribution is -2.29. The molecule has 0 saturated heterocycles. The highest BCUT2D eigenvalue weighted by atomic mass is 32.1. The Bertz CT molecular complexity index is 949. The molecule has 0 unspecified atom stereocenters. The number of hydrogen-bond acceptors (Lipinski definition) is 3. The lowest BCUT2D eigenvalue weighted by atomic mass is 10.1. The summed E-state index contributed by atoms with van der Waals surface area (Å²) < 4.78 is 1.27. The fourth-order valence-corrected chi connectivity index (χ4v) is 4.32. The first-order chi connectivity index (χ1) is 10.9. The summed E-state index contributed by atoms with van der Waals surface area (Å²) in [6, 6.07) is 17.0. The smallest absolute Gasteiger partial charge is 0.186 e. The van der Waals surface area contributed by atoms with Crippen molar-refractivity contribution < 1.29 is 0 Å². The van der Waals surface area contributed by atoms with Crippen molar-refractivity contribution in [1.29, 1.82) is 0 Å². The zero-order valence-corrected chi connectivity index (χ0v) is 12.9. The van der Waals surface area contributed by atoms with Crippen LogP contribution >= 0.6 is 11.3 Å². The second-order valence-corrected chi connectivity index (χ2v) is 6.77. The predicted octanol–water partition coefficient (Wildman–Crippen LogP) is 4.34. The van der Waals surface area contributed by atoms with Crippen molar-refractivity contribution in [1.82, 2.24) is 9.97 Å². The molecule has 0 bridgehead atoms. The summed E-state index contributed by atoms with van der Waals surface area (Å²) in [7, 11) is 0. The van der Waals surface area contributed by atoms with E-state index >= 15 is 0 Å². The van der Waals surface area contributed by atoms with Gasteiger partial charge in [0, 0.05) is 41.7 Å². The van der Waals surface area contributed by atoms with Crippen LogP contribution in [0, 0.1) is 0 Å². The fraction of sp³-hybridized carbons (Fsp3) is 0.167. The van der Waals surface area contributed by atoms with E-state index in [1.807, 2.05) is 0 Å². The number of hydrogen-bond donors (Lipinski definition) is 1. The number of aromatic amines is 1. The number of H-pyrrole nitrogens is 1. The molecule has 3 heterocycles. The summed E-state index contributed by atoms with van der Waals surface area (Å²) in [5.41, 5.74) is 5.17. The molecule has 1 N–H and O–H groups in total. The van der Waals surface area contributed by atoms with Crippen LogP contribution in [0.4, 0.5) is 5.13 Å². The van der Waals surface area contributed by atoms with E-state index in [0.29, 0.717) is 0 Å². The zero-order chi connectivity index (χ0) is 14.5. The van der Waals surface area contributed by atoms with Gasteiger partial charge in [0.05, 0.1) is 10.2 Å². The number of aromatic nitrogens is 2. The SMILES string of the molecule is c1ccc2sc(N3CCc4[nH]c5ccccc5c4C3)nc2c1. The molecule has 0 saturated carbocycles. The van der Waals surface area contributed by atoms with Crippen molar-refractivity contribution in [3.8, 4) is 0 Å². The molecule has 2 aromatic carbocycles. The van der Waals surface area contributed by atoms with Crippen LogP contribution < -0.4 is 4.90 Å². The molecule has 0 fully saturated rings. The molecule has 22 heavy (non-hydrogen) atoms. The standard InChI is InChI=1S/C18H15N3S/c1-2-6-14-12(5-1)13-11-21(10-9-15(13)19-14)18-20-16-7-3-4-8-17(16)22-18/h1-8,19H,9-11H2. The van der Waals surface area contributed by atoms with Gasteiger partial charge in [0.1, 0.15) is 0 Å². The van der Waals surface area contributed by atoms with Crippen LogP contribution in [0.25, 0.3) is 21.1 Å². The third-order valence-electron chi connectivity index (χ3n) is 4.44. The minimum atomic E-state index is 0.944.